The number of anilines is 2. The van der Waals surface area contributed by atoms with E-state index in [1.807, 2.05) is 6.92 Å². The maximum atomic E-state index is 6.02. The zero-order valence-electron chi connectivity index (χ0n) is 10.7. The van der Waals surface area contributed by atoms with E-state index in [1.54, 1.807) is 11.3 Å². The molecule has 0 saturated carbocycles. The highest BCUT2D eigenvalue weighted by Crippen LogP contribution is 2.34. The van der Waals surface area contributed by atoms with Gasteiger partial charge in [-0.15, -0.1) is 11.3 Å². The van der Waals surface area contributed by atoms with E-state index in [-0.39, 0.29) is 0 Å². The lowest BCUT2D eigenvalue weighted by atomic mass is 9.98. The zero-order valence-corrected chi connectivity index (χ0v) is 11.5. The molecule has 1 aliphatic heterocycles. The number of hydrogen-bond acceptors (Lipinski definition) is 4. The minimum Gasteiger partial charge on any atom is -0.389 e. The van der Waals surface area contributed by atoms with Gasteiger partial charge in [-0.1, -0.05) is 6.07 Å². The van der Waals surface area contributed by atoms with Gasteiger partial charge in [0.1, 0.15) is 10.7 Å². The Morgan fingerprint density at radius 3 is 2.94 bits per heavy atom. The lowest BCUT2D eigenvalue weighted by Gasteiger charge is -2.27. The third-order valence-corrected chi connectivity index (χ3v) is 4.26. The van der Waals surface area contributed by atoms with Crippen LogP contribution in [0.15, 0.2) is 18.2 Å². The zero-order chi connectivity index (χ0) is 12.7. The summed E-state index contributed by atoms with van der Waals surface area (Å²) in [5.41, 5.74) is 10.9. The average molecular weight is 259 g/mol. The summed E-state index contributed by atoms with van der Waals surface area (Å²) in [6.07, 6.45) is 2.37. The Bertz CT molecular complexity index is 589. The smallest absolute Gasteiger partial charge is 0.114 e. The van der Waals surface area contributed by atoms with Gasteiger partial charge in [0.25, 0.3) is 0 Å². The topological polar surface area (TPSA) is 42.2 Å². The van der Waals surface area contributed by atoms with Crippen LogP contribution in [-0.4, -0.2) is 18.6 Å². The molecule has 0 fully saturated rings. The molecule has 3 nitrogen and oxygen atoms in total. The third-order valence-electron chi connectivity index (χ3n) is 3.46. The van der Waals surface area contributed by atoms with Crippen molar-refractivity contribution in [2.24, 2.45) is 0 Å². The predicted molar refractivity (Wildman–Crippen MR) is 78.3 cm³/mol. The number of hydrogen-bond donors (Lipinski definition) is 1. The first-order valence-corrected chi connectivity index (χ1v) is 7.04. The SMILES string of the molecule is Cc1nc(-c2ccc3c(c2)CCCN3C)c(N)s1. The molecule has 0 unspecified atom stereocenters. The van der Waals surface area contributed by atoms with Gasteiger partial charge in [0.05, 0.1) is 5.01 Å². The standard InChI is InChI=1S/C14H17N3S/c1-9-16-13(14(15)18-9)11-5-6-12-10(8-11)4-3-7-17(12)2/h5-6,8H,3-4,7,15H2,1-2H3. The summed E-state index contributed by atoms with van der Waals surface area (Å²) >= 11 is 1.56. The van der Waals surface area contributed by atoms with E-state index >= 15 is 0 Å². The Morgan fingerprint density at radius 2 is 2.22 bits per heavy atom. The van der Waals surface area contributed by atoms with Crippen molar-refractivity contribution in [3.05, 3.63) is 28.8 Å². The van der Waals surface area contributed by atoms with Crippen LogP contribution < -0.4 is 10.6 Å². The molecule has 0 spiro atoms. The van der Waals surface area contributed by atoms with Gasteiger partial charge in [0.15, 0.2) is 0 Å². The van der Waals surface area contributed by atoms with E-state index in [9.17, 15) is 0 Å². The van der Waals surface area contributed by atoms with Crippen LogP contribution in [0.5, 0.6) is 0 Å². The molecule has 0 radical (unpaired) electrons. The van der Waals surface area contributed by atoms with Gasteiger partial charge in [-0.25, -0.2) is 4.98 Å². The molecule has 2 aromatic rings. The van der Waals surface area contributed by atoms with E-state index in [1.165, 1.54) is 17.7 Å². The van der Waals surface area contributed by atoms with Crippen molar-refractivity contribution >= 4 is 22.0 Å². The highest BCUT2D eigenvalue weighted by Gasteiger charge is 2.16. The summed E-state index contributed by atoms with van der Waals surface area (Å²) in [5, 5.41) is 1.84. The fourth-order valence-electron chi connectivity index (χ4n) is 2.58. The molecule has 0 bridgehead atoms. The summed E-state index contributed by atoms with van der Waals surface area (Å²) in [7, 11) is 2.15. The molecule has 1 aromatic heterocycles. The van der Waals surface area contributed by atoms with Crippen molar-refractivity contribution in [1.82, 2.24) is 4.98 Å². The van der Waals surface area contributed by atoms with Crippen LogP contribution in [0.2, 0.25) is 0 Å². The number of rotatable bonds is 1. The first-order valence-electron chi connectivity index (χ1n) is 6.22. The summed E-state index contributed by atoms with van der Waals surface area (Å²) in [4.78, 5) is 6.85. The van der Waals surface area contributed by atoms with Crippen molar-refractivity contribution in [3.8, 4) is 11.3 Å². The van der Waals surface area contributed by atoms with E-state index in [4.69, 9.17) is 5.73 Å². The first kappa shape index (κ1) is 11.5. The average Bonchev–Trinajstić information content (AvgIpc) is 2.68. The summed E-state index contributed by atoms with van der Waals surface area (Å²) in [6.45, 7) is 3.14. The second kappa shape index (κ2) is 4.28. The van der Waals surface area contributed by atoms with Crippen molar-refractivity contribution in [3.63, 3.8) is 0 Å². The number of nitrogens with zero attached hydrogens (tertiary/aromatic N) is 2. The minimum atomic E-state index is 0.816. The van der Waals surface area contributed by atoms with Crippen molar-refractivity contribution in [2.45, 2.75) is 19.8 Å². The van der Waals surface area contributed by atoms with Gasteiger partial charge in [-0.3, -0.25) is 0 Å². The molecule has 0 aliphatic carbocycles. The normalized spacial score (nSPS) is 14.7. The van der Waals surface area contributed by atoms with Crippen molar-refractivity contribution in [1.29, 1.82) is 0 Å². The van der Waals surface area contributed by atoms with E-state index < -0.39 is 0 Å². The molecule has 0 amide bonds. The van der Waals surface area contributed by atoms with Crippen LogP contribution >= 0.6 is 11.3 Å². The molecule has 94 valence electrons. The fourth-order valence-corrected chi connectivity index (χ4v) is 3.30. The van der Waals surface area contributed by atoms with Crippen LogP contribution in [-0.2, 0) is 6.42 Å². The highest BCUT2D eigenvalue weighted by molar-refractivity contribution is 7.16. The number of thiazole rings is 1. The van der Waals surface area contributed by atoms with Gasteiger partial charge in [0, 0.05) is 24.8 Å². The number of aryl methyl sites for hydroxylation is 2. The van der Waals surface area contributed by atoms with Crippen LogP contribution in [0.25, 0.3) is 11.3 Å². The van der Waals surface area contributed by atoms with Gasteiger partial charge in [-0.05, 0) is 37.5 Å². The number of nitrogens with two attached hydrogens (primary N) is 1. The van der Waals surface area contributed by atoms with Gasteiger partial charge in [-0.2, -0.15) is 0 Å². The number of aromatic nitrogens is 1. The number of fused-ring (bicyclic) bond motifs is 1. The predicted octanol–water partition coefficient (Wildman–Crippen LogP) is 3.08. The molecule has 18 heavy (non-hydrogen) atoms. The van der Waals surface area contributed by atoms with E-state index in [0.29, 0.717) is 0 Å². The molecule has 0 saturated heterocycles. The number of nitrogen functional groups attached to an aromatic ring is 1. The highest BCUT2D eigenvalue weighted by atomic mass is 32.1. The summed E-state index contributed by atoms with van der Waals surface area (Å²) in [6, 6.07) is 6.57. The van der Waals surface area contributed by atoms with Gasteiger partial charge in [0.2, 0.25) is 0 Å². The molecule has 4 heteroatoms. The molecule has 1 aliphatic rings. The molecule has 3 rings (SSSR count). The third kappa shape index (κ3) is 1.86. The molecular weight excluding hydrogens is 242 g/mol. The second-order valence-corrected chi connectivity index (χ2v) is 6.05. The monoisotopic (exact) mass is 259 g/mol. The fraction of sp³-hybridized carbons (Fsp3) is 0.357. The molecule has 1 aromatic carbocycles. The Balaban J connectivity index is 2.07. The Labute approximate surface area is 111 Å². The largest absolute Gasteiger partial charge is 0.389 e. The van der Waals surface area contributed by atoms with E-state index in [0.717, 1.165) is 34.2 Å². The Hall–Kier alpha value is -1.55. The van der Waals surface area contributed by atoms with Crippen molar-refractivity contribution < 1.29 is 0 Å². The molecular formula is C14H17N3S. The van der Waals surface area contributed by atoms with Crippen LogP contribution in [0.3, 0.4) is 0 Å². The summed E-state index contributed by atoms with van der Waals surface area (Å²) < 4.78 is 0. The lowest BCUT2D eigenvalue weighted by molar-refractivity contribution is 0.745. The molecule has 2 N–H and O–H groups in total. The lowest BCUT2D eigenvalue weighted by Crippen LogP contribution is -2.24. The number of benzene rings is 1. The minimum absolute atomic E-state index is 0.816. The van der Waals surface area contributed by atoms with Crippen LogP contribution in [0.1, 0.15) is 17.0 Å². The second-order valence-electron chi connectivity index (χ2n) is 4.81. The van der Waals surface area contributed by atoms with Crippen molar-refractivity contribution in [2.75, 3.05) is 24.2 Å². The van der Waals surface area contributed by atoms with Gasteiger partial charge >= 0.3 is 0 Å². The van der Waals surface area contributed by atoms with Gasteiger partial charge < -0.3 is 10.6 Å². The maximum absolute atomic E-state index is 6.02. The Kier molecular flexibility index (Phi) is 2.74. The quantitative estimate of drug-likeness (QED) is 0.855. The summed E-state index contributed by atoms with van der Waals surface area (Å²) in [5.74, 6) is 0. The van der Waals surface area contributed by atoms with Crippen LogP contribution in [0, 0.1) is 6.92 Å². The Morgan fingerprint density at radius 1 is 1.39 bits per heavy atom. The van der Waals surface area contributed by atoms with Crippen LogP contribution in [0.4, 0.5) is 10.7 Å². The molecule has 0 atom stereocenters. The molecule has 2 heterocycles. The van der Waals surface area contributed by atoms with E-state index in [2.05, 4.69) is 35.1 Å². The maximum Gasteiger partial charge on any atom is 0.114 e. The first-order chi connectivity index (χ1) is 8.65.